The molecule has 0 radical (unpaired) electrons. The molecule has 1 aromatic rings. The predicted octanol–water partition coefficient (Wildman–Crippen LogP) is 1.40. The molecule has 0 spiro atoms. The molecule has 2 nitrogen and oxygen atoms in total. The summed E-state index contributed by atoms with van der Waals surface area (Å²) in [6.07, 6.45) is 0. The number of nitrogen functional groups attached to an aromatic ring is 1. The number of aryl methyl sites for hydroxylation is 1. The van der Waals surface area contributed by atoms with E-state index in [9.17, 15) is 0 Å². The first-order valence-corrected chi connectivity index (χ1v) is 3.19. The van der Waals surface area contributed by atoms with Crippen molar-refractivity contribution in [1.29, 1.82) is 0 Å². The van der Waals surface area contributed by atoms with Crippen LogP contribution in [0.4, 0.5) is 5.69 Å². The van der Waals surface area contributed by atoms with Gasteiger partial charge in [0.25, 0.3) is 0 Å². The molecule has 0 aliphatic rings. The Morgan fingerprint density at radius 2 is 1.50 bits per heavy atom. The van der Waals surface area contributed by atoms with Crippen LogP contribution in [0.3, 0.4) is 0 Å². The number of hydrogen-bond acceptors (Lipinski definition) is 2. The molecular weight excluding hydrogens is 124 g/mol. The monoisotopic (exact) mass is 141 g/mol. The molecule has 0 unspecified atom stereocenters. The molecule has 1 rings (SSSR count). The zero-order valence-corrected chi connectivity index (χ0v) is 6.46. The zero-order valence-electron chi connectivity index (χ0n) is 6.46. The van der Waals surface area contributed by atoms with E-state index in [2.05, 4.69) is 5.73 Å². The Kier molecular flexibility index (Phi) is 4.33. The van der Waals surface area contributed by atoms with E-state index in [1.165, 1.54) is 12.6 Å². The van der Waals surface area contributed by atoms with Crippen LogP contribution < -0.4 is 11.5 Å². The molecule has 0 saturated carbocycles. The summed E-state index contributed by atoms with van der Waals surface area (Å²) in [7, 11) is 1.50. The third kappa shape index (κ3) is 3.10. The van der Waals surface area contributed by atoms with Crippen molar-refractivity contribution in [2.45, 2.75) is 6.92 Å². The van der Waals surface area contributed by atoms with Crippen LogP contribution >= 0.6 is 0 Å². The first kappa shape index (κ1) is 8.98. The summed E-state index contributed by atoms with van der Waals surface area (Å²) < 4.78 is 0. The summed E-state index contributed by atoms with van der Waals surface area (Å²) in [6.45, 7) is 2.04. The van der Waals surface area contributed by atoms with Crippen molar-refractivity contribution in [3.8, 4) is 0 Å². The largest absolute Gasteiger partial charge is 0.399 e. The van der Waals surface area contributed by atoms with Crippen LogP contribution in [0.15, 0.2) is 24.3 Å². The van der Waals surface area contributed by atoms with E-state index in [4.69, 9.17) is 5.73 Å². The zero-order chi connectivity index (χ0) is 7.98. The summed E-state index contributed by atoms with van der Waals surface area (Å²) >= 11 is 0. The lowest BCUT2D eigenvalue weighted by molar-refractivity contribution is 1.47. The summed E-state index contributed by atoms with van der Waals surface area (Å²) in [5.74, 6) is 0. The Bertz CT molecular complexity index is 151. The minimum absolute atomic E-state index is 0. The van der Waals surface area contributed by atoms with Gasteiger partial charge < -0.3 is 11.5 Å². The Morgan fingerprint density at radius 1 is 1.10 bits per heavy atom. The fourth-order valence-electron chi connectivity index (χ4n) is 0.566. The van der Waals surface area contributed by atoms with Crippen molar-refractivity contribution < 1.29 is 1.43 Å². The van der Waals surface area contributed by atoms with Gasteiger partial charge in [-0.15, -0.1) is 0 Å². The Hall–Kier alpha value is -1.02. The molecule has 0 atom stereocenters. The SMILES string of the molecule is CN.Cc1ccc(N)cc1.[2HH]. The van der Waals surface area contributed by atoms with Crippen LogP contribution in [0.1, 0.15) is 6.99 Å². The van der Waals surface area contributed by atoms with E-state index in [0.29, 0.717) is 0 Å². The van der Waals surface area contributed by atoms with Gasteiger partial charge in [0, 0.05) is 7.11 Å². The molecule has 1 aromatic carbocycles. The highest BCUT2D eigenvalue weighted by atomic mass is 14.5. The predicted molar refractivity (Wildman–Crippen MR) is 47.8 cm³/mol. The van der Waals surface area contributed by atoms with Gasteiger partial charge in [0.05, 0.1) is 0 Å². The Balaban J connectivity index is 0. The lowest BCUT2D eigenvalue weighted by atomic mass is 10.2. The van der Waals surface area contributed by atoms with Crippen molar-refractivity contribution >= 4 is 5.69 Å². The summed E-state index contributed by atoms with van der Waals surface area (Å²) in [4.78, 5) is 0. The first-order chi connectivity index (χ1) is 4.79. The highest BCUT2D eigenvalue weighted by molar-refractivity contribution is 5.38. The van der Waals surface area contributed by atoms with E-state index < -0.39 is 0 Å². The van der Waals surface area contributed by atoms with E-state index >= 15 is 0 Å². The fraction of sp³-hybridized carbons (Fsp3) is 0.250. The molecule has 58 valence electrons. The van der Waals surface area contributed by atoms with Gasteiger partial charge in [0.1, 0.15) is 0 Å². The molecule has 2 heteroatoms. The minimum atomic E-state index is 0. The van der Waals surface area contributed by atoms with Crippen LogP contribution in [0.25, 0.3) is 0 Å². The molecule has 0 bridgehead atoms. The maximum absolute atomic E-state index is 5.43. The van der Waals surface area contributed by atoms with Crippen molar-refractivity contribution in [3.63, 3.8) is 0 Å². The van der Waals surface area contributed by atoms with Crippen LogP contribution in [-0.2, 0) is 0 Å². The summed E-state index contributed by atoms with van der Waals surface area (Å²) in [5.41, 5.74) is 12.0. The number of anilines is 1. The topological polar surface area (TPSA) is 52.0 Å². The number of hydrogen-bond donors (Lipinski definition) is 2. The smallest absolute Gasteiger partial charge is 0.0314 e. The van der Waals surface area contributed by atoms with Crippen molar-refractivity contribution in [2.24, 2.45) is 5.73 Å². The third-order valence-corrected chi connectivity index (χ3v) is 1.08. The number of nitrogens with two attached hydrogens (primary N) is 2. The number of benzene rings is 1. The van der Waals surface area contributed by atoms with E-state index in [1.54, 1.807) is 0 Å². The molecule has 0 heterocycles. The average molecular weight is 141 g/mol. The Morgan fingerprint density at radius 3 is 1.80 bits per heavy atom. The summed E-state index contributed by atoms with van der Waals surface area (Å²) in [6, 6.07) is 7.79. The molecule has 0 amide bonds. The molecule has 10 heavy (non-hydrogen) atoms. The van der Waals surface area contributed by atoms with Crippen LogP contribution in [0.5, 0.6) is 0 Å². The van der Waals surface area contributed by atoms with E-state index in [-0.39, 0.29) is 1.43 Å². The standard InChI is InChI=1S/C7H9N.CH5N.H2/c1-6-2-4-7(8)5-3-6;1-2;/h2-5H,8H2,1H3;2H2,1H3;1H/i;;1+1. The van der Waals surface area contributed by atoms with Gasteiger partial charge in [-0.25, -0.2) is 0 Å². The van der Waals surface area contributed by atoms with Gasteiger partial charge in [0.15, 0.2) is 0 Å². The number of rotatable bonds is 0. The second-order valence-corrected chi connectivity index (χ2v) is 1.91. The second kappa shape index (κ2) is 4.82. The van der Waals surface area contributed by atoms with Gasteiger partial charge in [-0.2, -0.15) is 0 Å². The lowest BCUT2D eigenvalue weighted by Crippen LogP contribution is -1.81. The highest BCUT2D eigenvalue weighted by Crippen LogP contribution is 2.02. The van der Waals surface area contributed by atoms with Crippen LogP contribution in [0, 0.1) is 6.92 Å². The van der Waals surface area contributed by atoms with E-state index in [0.717, 1.165) is 5.69 Å². The molecule has 4 N–H and O–H groups in total. The first-order valence-electron chi connectivity index (χ1n) is 3.19. The van der Waals surface area contributed by atoms with Crippen molar-refractivity contribution in [3.05, 3.63) is 29.8 Å². The van der Waals surface area contributed by atoms with Crippen molar-refractivity contribution in [2.75, 3.05) is 12.8 Å². The molecule has 0 aliphatic heterocycles. The molecule has 0 aliphatic carbocycles. The van der Waals surface area contributed by atoms with Gasteiger partial charge in [-0.3, -0.25) is 0 Å². The van der Waals surface area contributed by atoms with Crippen LogP contribution in [0.2, 0.25) is 0 Å². The minimum Gasteiger partial charge on any atom is -0.399 e. The van der Waals surface area contributed by atoms with Crippen LogP contribution in [-0.4, -0.2) is 7.05 Å². The molecule has 0 fully saturated rings. The normalized spacial score (nSPS) is 7.90. The molecular formula is C8H16N2. The highest BCUT2D eigenvalue weighted by Gasteiger charge is 1.80. The third-order valence-electron chi connectivity index (χ3n) is 1.08. The quantitative estimate of drug-likeness (QED) is 0.536. The van der Waals surface area contributed by atoms with E-state index in [1.807, 2.05) is 31.2 Å². The maximum Gasteiger partial charge on any atom is 0.0314 e. The fourth-order valence-corrected chi connectivity index (χ4v) is 0.566. The maximum atomic E-state index is 5.43. The van der Waals surface area contributed by atoms with Gasteiger partial charge in [-0.05, 0) is 26.1 Å². The van der Waals surface area contributed by atoms with Gasteiger partial charge in [0.2, 0.25) is 0 Å². The summed E-state index contributed by atoms with van der Waals surface area (Å²) in [5, 5.41) is 0. The van der Waals surface area contributed by atoms with Gasteiger partial charge in [-0.1, -0.05) is 17.7 Å². The Labute approximate surface area is 63.3 Å². The van der Waals surface area contributed by atoms with Crippen molar-refractivity contribution in [1.82, 2.24) is 0 Å². The average Bonchev–Trinajstić information content (AvgIpc) is 2.00. The molecule has 0 saturated heterocycles. The molecule has 0 aromatic heterocycles. The second-order valence-electron chi connectivity index (χ2n) is 1.91. The van der Waals surface area contributed by atoms with Gasteiger partial charge >= 0.3 is 0 Å². The lowest BCUT2D eigenvalue weighted by Gasteiger charge is -1.90.